The Kier molecular flexibility index (Phi) is 6.09. The second kappa shape index (κ2) is 8.69. The van der Waals surface area contributed by atoms with Crippen molar-refractivity contribution in [1.82, 2.24) is 15.6 Å². The van der Waals surface area contributed by atoms with Crippen LogP contribution in [0.1, 0.15) is 29.8 Å². The average molecular weight is 381 g/mol. The van der Waals surface area contributed by atoms with E-state index in [-0.39, 0.29) is 12.1 Å². The first-order valence-corrected chi connectivity index (χ1v) is 9.36. The quantitative estimate of drug-likeness (QED) is 0.577. The van der Waals surface area contributed by atoms with Gasteiger partial charge in [0.1, 0.15) is 11.5 Å². The molecule has 6 heteroatoms. The van der Waals surface area contributed by atoms with E-state index in [9.17, 15) is 4.79 Å². The molecule has 1 atom stereocenters. The molecule has 2 aromatic carbocycles. The molecule has 3 N–H and O–H groups in total. The fourth-order valence-electron chi connectivity index (χ4n) is 3.46. The molecule has 0 aliphatic carbocycles. The number of aromatic amines is 1. The standard InChI is InChI=1S/C22H27N3O3/c1-14-17(18-7-5-6-8-20(18)24-14)11-12-23-22(26)25-15(2)19-13-16(27-3)9-10-21(19)28-4/h5-10,13,15,24H,11-12H2,1-4H3,(H2,23,25,26). The summed E-state index contributed by atoms with van der Waals surface area (Å²) in [5.74, 6) is 1.43. The molecule has 28 heavy (non-hydrogen) atoms. The van der Waals surface area contributed by atoms with E-state index in [1.165, 1.54) is 10.9 Å². The molecule has 2 amide bonds. The number of aromatic nitrogens is 1. The molecule has 0 saturated heterocycles. The Bertz CT molecular complexity index is 965. The summed E-state index contributed by atoms with van der Waals surface area (Å²) in [7, 11) is 3.23. The van der Waals surface area contributed by atoms with Gasteiger partial charge in [0.15, 0.2) is 0 Å². The Morgan fingerprint density at radius 1 is 1.14 bits per heavy atom. The van der Waals surface area contributed by atoms with Gasteiger partial charge in [-0.2, -0.15) is 0 Å². The number of amides is 2. The van der Waals surface area contributed by atoms with Crippen molar-refractivity contribution in [3.05, 3.63) is 59.3 Å². The summed E-state index contributed by atoms with van der Waals surface area (Å²) in [6.45, 7) is 4.53. The summed E-state index contributed by atoms with van der Waals surface area (Å²) >= 11 is 0. The monoisotopic (exact) mass is 381 g/mol. The van der Waals surface area contributed by atoms with Gasteiger partial charge in [0.25, 0.3) is 0 Å². The number of hydrogen-bond acceptors (Lipinski definition) is 3. The molecule has 0 saturated carbocycles. The van der Waals surface area contributed by atoms with Crippen LogP contribution in [0.4, 0.5) is 4.79 Å². The second-order valence-corrected chi connectivity index (χ2v) is 6.75. The van der Waals surface area contributed by atoms with E-state index < -0.39 is 0 Å². The second-order valence-electron chi connectivity index (χ2n) is 6.75. The number of methoxy groups -OCH3 is 2. The molecule has 0 bridgehead atoms. The van der Waals surface area contributed by atoms with Crippen LogP contribution in [-0.4, -0.2) is 31.8 Å². The van der Waals surface area contributed by atoms with Crippen molar-refractivity contribution in [3.63, 3.8) is 0 Å². The first kappa shape index (κ1) is 19.6. The molecule has 3 rings (SSSR count). The highest BCUT2D eigenvalue weighted by atomic mass is 16.5. The number of H-pyrrole nitrogens is 1. The smallest absolute Gasteiger partial charge is 0.315 e. The Hall–Kier alpha value is -3.15. The van der Waals surface area contributed by atoms with Gasteiger partial charge in [0.2, 0.25) is 0 Å². The van der Waals surface area contributed by atoms with Crippen LogP contribution in [-0.2, 0) is 6.42 Å². The molecular formula is C22H27N3O3. The van der Waals surface area contributed by atoms with E-state index >= 15 is 0 Å². The SMILES string of the molecule is COc1ccc(OC)c(C(C)NC(=O)NCCc2c(C)[nH]c3ccccc23)c1. The lowest BCUT2D eigenvalue weighted by atomic mass is 10.1. The Labute approximate surface area is 165 Å². The predicted molar refractivity (Wildman–Crippen MR) is 111 cm³/mol. The highest BCUT2D eigenvalue weighted by Crippen LogP contribution is 2.29. The molecular weight excluding hydrogens is 354 g/mol. The fourth-order valence-corrected chi connectivity index (χ4v) is 3.46. The zero-order valence-corrected chi connectivity index (χ0v) is 16.8. The minimum absolute atomic E-state index is 0.213. The summed E-state index contributed by atoms with van der Waals surface area (Å²) in [6, 6.07) is 13.3. The van der Waals surface area contributed by atoms with Crippen LogP contribution in [0.15, 0.2) is 42.5 Å². The van der Waals surface area contributed by atoms with E-state index in [0.717, 1.165) is 28.9 Å². The van der Waals surface area contributed by atoms with Crippen molar-refractivity contribution in [3.8, 4) is 11.5 Å². The molecule has 0 aliphatic heterocycles. The maximum absolute atomic E-state index is 12.4. The molecule has 0 radical (unpaired) electrons. The number of aryl methyl sites for hydroxylation is 1. The van der Waals surface area contributed by atoms with Gasteiger partial charge in [-0.25, -0.2) is 4.79 Å². The number of benzene rings is 2. The van der Waals surface area contributed by atoms with Crippen LogP contribution in [0.2, 0.25) is 0 Å². The highest BCUT2D eigenvalue weighted by molar-refractivity contribution is 5.84. The number of fused-ring (bicyclic) bond motifs is 1. The molecule has 148 valence electrons. The van der Waals surface area contributed by atoms with Gasteiger partial charge < -0.3 is 25.1 Å². The first-order chi connectivity index (χ1) is 13.5. The van der Waals surface area contributed by atoms with Gasteiger partial charge in [0.05, 0.1) is 20.3 Å². The maximum atomic E-state index is 12.4. The Balaban J connectivity index is 1.59. The van der Waals surface area contributed by atoms with Crippen molar-refractivity contribution >= 4 is 16.9 Å². The summed E-state index contributed by atoms with van der Waals surface area (Å²) in [4.78, 5) is 15.7. The first-order valence-electron chi connectivity index (χ1n) is 9.36. The number of urea groups is 1. The van der Waals surface area contributed by atoms with Gasteiger partial charge in [-0.05, 0) is 50.1 Å². The lowest BCUT2D eigenvalue weighted by Crippen LogP contribution is -2.38. The molecule has 6 nitrogen and oxygen atoms in total. The maximum Gasteiger partial charge on any atom is 0.315 e. The fraction of sp³-hybridized carbons (Fsp3) is 0.318. The lowest BCUT2D eigenvalue weighted by molar-refractivity contribution is 0.238. The topological polar surface area (TPSA) is 75.4 Å². The number of ether oxygens (including phenoxy) is 2. The number of carbonyl (C=O) groups is 1. The minimum atomic E-state index is -0.222. The Morgan fingerprint density at radius 2 is 1.93 bits per heavy atom. The van der Waals surface area contributed by atoms with Crippen molar-refractivity contribution in [2.45, 2.75) is 26.3 Å². The summed E-state index contributed by atoms with van der Waals surface area (Å²) in [6.07, 6.45) is 0.764. The van der Waals surface area contributed by atoms with E-state index in [1.807, 2.05) is 37.3 Å². The van der Waals surface area contributed by atoms with E-state index in [2.05, 4.69) is 34.7 Å². The number of carbonyl (C=O) groups excluding carboxylic acids is 1. The number of rotatable bonds is 7. The molecule has 3 aromatic rings. The molecule has 1 unspecified atom stereocenters. The zero-order valence-electron chi connectivity index (χ0n) is 16.8. The predicted octanol–water partition coefficient (Wildman–Crippen LogP) is 4.10. The summed E-state index contributed by atoms with van der Waals surface area (Å²) in [5, 5.41) is 7.11. The highest BCUT2D eigenvalue weighted by Gasteiger charge is 2.15. The lowest BCUT2D eigenvalue weighted by Gasteiger charge is -2.18. The van der Waals surface area contributed by atoms with Crippen LogP contribution >= 0.6 is 0 Å². The zero-order chi connectivity index (χ0) is 20.1. The van der Waals surface area contributed by atoms with E-state index in [0.29, 0.717) is 12.3 Å². The van der Waals surface area contributed by atoms with Crippen molar-refractivity contribution in [2.75, 3.05) is 20.8 Å². The number of hydrogen-bond donors (Lipinski definition) is 3. The van der Waals surface area contributed by atoms with E-state index in [4.69, 9.17) is 9.47 Å². The van der Waals surface area contributed by atoms with Crippen LogP contribution in [0, 0.1) is 6.92 Å². The third kappa shape index (κ3) is 4.22. The third-order valence-electron chi connectivity index (χ3n) is 4.94. The van der Waals surface area contributed by atoms with Gasteiger partial charge in [-0.15, -0.1) is 0 Å². The number of nitrogens with one attached hydrogen (secondary N) is 3. The molecule has 0 spiro atoms. The summed E-state index contributed by atoms with van der Waals surface area (Å²) in [5.41, 5.74) is 4.36. The number of para-hydroxylation sites is 1. The van der Waals surface area contributed by atoms with Crippen LogP contribution < -0.4 is 20.1 Å². The third-order valence-corrected chi connectivity index (χ3v) is 4.94. The van der Waals surface area contributed by atoms with Gasteiger partial charge in [0, 0.05) is 28.7 Å². The molecule has 0 aliphatic rings. The van der Waals surface area contributed by atoms with Crippen molar-refractivity contribution in [2.24, 2.45) is 0 Å². The molecule has 1 heterocycles. The van der Waals surface area contributed by atoms with Crippen LogP contribution in [0.5, 0.6) is 11.5 Å². The van der Waals surface area contributed by atoms with Crippen molar-refractivity contribution in [1.29, 1.82) is 0 Å². The molecule has 1 aromatic heterocycles. The van der Waals surface area contributed by atoms with Gasteiger partial charge >= 0.3 is 6.03 Å². The largest absolute Gasteiger partial charge is 0.497 e. The van der Waals surface area contributed by atoms with E-state index in [1.54, 1.807) is 14.2 Å². The minimum Gasteiger partial charge on any atom is -0.497 e. The van der Waals surface area contributed by atoms with Crippen LogP contribution in [0.25, 0.3) is 10.9 Å². The van der Waals surface area contributed by atoms with Crippen molar-refractivity contribution < 1.29 is 14.3 Å². The van der Waals surface area contributed by atoms with Gasteiger partial charge in [-0.1, -0.05) is 18.2 Å². The van der Waals surface area contributed by atoms with Gasteiger partial charge in [-0.3, -0.25) is 0 Å². The average Bonchev–Trinajstić information content (AvgIpc) is 3.02. The molecule has 0 fully saturated rings. The summed E-state index contributed by atoms with van der Waals surface area (Å²) < 4.78 is 10.7. The Morgan fingerprint density at radius 3 is 2.68 bits per heavy atom. The normalized spacial score (nSPS) is 11.9. The van der Waals surface area contributed by atoms with Crippen LogP contribution in [0.3, 0.4) is 0 Å².